The van der Waals surface area contributed by atoms with Crippen LogP contribution in [0, 0.1) is 0 Å². The summed E-state index contributed by atoms with van der Waals surface area (Å²) < 4.78 is 5.71. The Bertz CT molecular complexity index is 917. The molecule has 1 unspecified atom stereocenters. The van der Waals surface area contributed by atoms with Gasteiger partial charge in [-0.05, 0) is 37.3 Å². The van der Waals surface area contributed by atoms with Crippen LogP contribution in [0.1, 0.15) is 6.92 Å². The average Bonchev–Trinajstić information content (AvgIpc) is 2.72. The Labute approximate surface area is 190 Å². The Hall–Kier alpha value is -1.99. The lowest BCUT2D eigenvalue weighted by atomic mass is 10.2. The van der Waals surface area contributed by atoms with Crippen molar-refractivity contribution >= 4 is 52.3 Å². The highest BCUT2D eigenvalue weighted by Crippen LogP contribution is 2.28. The van der Waals surface area contributed by atoms with Gasteiger partial charge < -0.3 is 15.0 Å². The summed E-state index contributed by atoms with van der Waals surface area (Å²) in [5.74, 6) is 0.148. The van der Waals surface area contributed by atoms with E-state index >= 15 is 0 Å². The van der Waals surface area contributed by atoms with Gasteiger partial charge in [-0.1, -0.05) is 46.9 Å². The first-order valence-corrected chi connectivity index (χ1v) is 10.6. The van der Waals surface area contributed by atoms with Crippen molar-refractivity contribution in [2.24, 2.45) is 0 Å². The molecule has 3 rings (SSSR count). The molecular weight excluding hydrogens is 449 g/mol. The smallest absolute Gasteiger partial charge is 0.263 e. The van der Waals surface area contributed by atoms with Crippen LogP contribution in [0.4, 0.5) is 5.69 Å². The van der Waals surface area contributed by atoms with Crippen LogP contribution in [0.2, 0.25) is 15.1 Å². The molecule has 1 atom stereocenters. The van der Waals surface area contributed by atoms with Crippen LogP contribution in [-0.2, 0) is 9.59 Å². The molecule has 6 nitrogen and oxygen atoms in total. The molecule has 1 fully saturated rings. The summed E-state index contributed by atoms with van der Waals surface area (Å²) in [6.45, 7) is 4.14. The normalized spacial score (nSPS) is 15.5. The summed E-state index contributed by atoms with van der Waals surface area (Å²) in [6, 6.07) is 12.0. The Morgan fingerprint density at radius 1 is 1.03 bits per heavy atom. The Kier molecular flexibility index (Phi) is 7.83. The molecule has 1 aliphatic heterocycles. The fourth-order valence-electron chi connectivity index (χ4n) is 3.15. The van der Waals surface area contributed by atoms with Crippen LogP contribution in [0.15, 0.2) is 42.5 Å². The van der Waals surface area contributed by atoms with Crippen molar-refractivity contribution in [3.05, 3.63) is 57.5 Å². The number of carbonyl (C=O) groups excluding carboxylic acids is 2. The van der Waals surface area contributed by atoms with E-state index in [4.69, 9.17) is 39.5 Å². The maximum atomic E-state index is 12.7. The lowest BCUT2D eigenvalue weighted by molar-refractivity contribution is -0.139. The molecule has 30 heavy (non-hydrogen) atoms. The van der Waals surface area contributed by atoms with Gasteiger partial charge in [-0.15, -0.1) is 0 Å². The van der Waals surface area contributed by atoms with Crippen molar-refractivity contribution in [1.29, 1.82) is 0 Å². The molecule has 9 heteroatoms. The molecule has 0 aromatic heterocycles. The van der Waals surface area contributed by atoms with Crippen molar-refractivity contribution in [2.45, 2.75) is 13.0 Å². The lowest BCUT2D eigenvalue weighted by Gasteiger charge is -2.35. The van der Waals surface area contributed by atoms with E-state index in [1.165, 1.54) is 0 Å². The SMILES string of the molecule is CC(Oc1ccc(Cl)cc1Cl)C(=O)N1CCN(CC(=O)Nc2ccccc2Cl)CC1. The molecule has 0 saturated carbocycles. The number of nitrogens with one attached hydrogen (secondary N) is 1. The number of anilines is 1. The summed E-state index contributed by atoms with van der Waals surface area (Å²) in [6.07, 6.45) is -0.682. The van der Waals surface area contributed by atoms with Crippen molar-refractivity contribution < 1.29 is 14.3 Å². The van der Waals surface area contributed by atoms with Gasteiger partial charge in [0, 0.05) is 31.2 Å². The second kappa shape index (κ2) is 10.4. The largest absolute Gasteiger partial charge is 0.479 e. The molecule has 1 heterocycles. The minimum absolute atomic E-state index is 0.124. The Balaban J connectivity index is 1.46. The first-order valence-electron chi connectivity index (χ1n) is 9.50. The van der Waals surface area contributed by atoms with E-state index in [0.717, 1.165) is 0 Å². The van der Waals surface area contributed by atoms with Crippen LogP contribution in [0.3, 0.4) is 0 Å². The minimum atomic E-state index is -0.682. The monoisotopic (exact) mass is 469 g/mol. The molecule has 0 radical (unpaired) electrons. The van der Waals surface area contributed by atoms with Gasteiger partial charge in [0.1, 0.15) is 5.75 Å². The van der Waals surface area contributed by atoms with Crippen molar-refractivity contribution in [1.82, 2.24) is 9.80 Å². The van der Waals surface area contributed by atoms with Crippen LogP contribution >= 0.6 is 34.8 Å². The highest BCUT2D eigenvalue weighted by atomic mass is 35.5. The minimum Gasteiger partial charge on any atom is -0.479 e. The number of amides is 2. The summed E-state index contributed by atoms with van der Waals surface area (Å²) >= 11 is 18.1. The first kappa shape index (κ1) is 22.7. The molecule has 1 N–H and O–H groups in total. The topological polar surface area (TPSA) is 61.9 Å². The Morgan fingerprint density at radius 3 is 2.40 bits per heavy atom. The average molecular weight is 471 g/mol. The predicted molar refractivity (Wildman–Crippen MR) is 120 cm³/mol. The number of carbonyl (C=O) groups is 2. The molecule has 0 bridgehead atoms. The summed E-state index contributed by atoms with van der Waals surface area (Å²) in [4.78, 5) is 28.7. The summed E-state index contributed by atoms with van der Waals surface area (Å²) in [5, 5.41) is 4.17. The zero-order valence-corrected chi connectivity index (χ0v) is 18.7. The number of para-hydroxylation sites is 1. The van der Waals surface area contributed by atoms with E-state index in [-0.39, 0.29) is 18.4 Å². The highest BCUT2D eigenvalue weighted by molar-refractivity contribution is 6.35. The van der Waals surface area contributed by atoms with Crippen LogP contribution in [0.25, 0.3) is 0 Å². The molecule has 1 aliphatic rings. The third kappa shape index (κ3) is 6.01. The highest BCUT2D eigenvalue weighted by Gasteiger charge is 2.27. The lowest BCUT2D eigenvalue weighted by Crippen LogP contribution is -2.53. The van der Waals surface area contributed by atoms with E-state index in [9.17, 15) is 9.59 Å². The molecular formula is C21H22Cl3N3O3. The van der Waals surface area contributed by atoms with E-state index in [1.807, 2.05) is 11.0 Å². The summed E-state index contributed by atoms with van der Waals surface area (Å²) in [5.41, 5.74) is 0.588. The number of rotatable bonds is 6. The van der Waals surface area contributed by atoms with Gasteiger partial charge in [0.05, 0.1) is 22.3 Å². The van der Waals surface area contributed by atoms with Gasteiger partial charge in [0.25, 0.3) is 5.91 Å². The number of ether oxygens (including phenoxy) is 1. The second-order valence-electron chi connectivity index (χ2n) is 6.96. The molecule has 1 saturated heterocycles. The molecule has 2 aromatic rings. The zero-order valence-electron chi connectivity index (χ0n) is 16.4. The van der Waals surface area contributed by atoms with Gasteiger partial charge in [-0.3, -0.25) is 14.5 Å². The number of halogens is 3. The van der Waals surface area contributed by atoms with Gasteiger partial charge in [-0.2, -0.15) is 0 Å². The van der Waals surface area contributed by atoms with Crippen LogP contribution in [-0.4, -0.2) is 60.4 Å². The van der Waals surface area contributed by atoms with E-state index in [2.05, 4.69) is 5.32 Å². The maximum absolute atomic E-state index is 12.7. The summed E-state index contributed by atoms with van der Waals surface area (Å²) in [7, 11) is 0. The third-order valence-electron chi connectivity index (χ3n) is 4.74. The standard InChI is InChI=1S/C21H22Cl3N3O3/c1-14(30-19-7-6-15(22)12-17(19)24)21(29)27-10-8-26(9-11-27)13-20(28)25-18-5-3-2-4-16(18)23/h2-7,12,14H,8-11,13H2,1H3,(H,25,28). The number of hydrogen-bond acceptors (Lipinski definition) is 4. The zero-order chi connectivity index (χ0) is 21.7. The second-order valence-corrected chi connectivity index (χ2v) is 8.22. The number of piperazine rings is 1. The predicted octanol–water partition coefficient (Wildman–Crippen LogP) is 4.20. The van der Waals surface area contributed by atoms with Crippen LogP contribution < -0.4 is 10.1 Å². The van der Waals surface area contributed by atoms with E-state index in [1.54, 1.807) is 48.2 Å². The third-order valence-corrected chi connectivity index (χ3v) is 5.60. The van der Waals surface area contributed by atoms with Crippen molar-refractivity contribution in [3.8, 4) is 5.75 Å². The number of benzene rings is 2. The molecule has 0 spiro atoms. The van der Waals surface area contributed by atoms with Gasteiger partial charge in [0.2, 0.25) is 5.91 Å². The van der Waals surface area contributed by atoms with Crippen LogP contribution in [0.5, 0.6) is 5.75 Å². The Morgan fingerprint density at radius 2 is 1.73 bits per heavy atom. The number of hydrogen-bond donors (Lipinski definition) is 1. The molecule has 160 valence electrons. The molecule has 0 aliphatic carbocycles. The fourth-order valence-corrected chi connectivity index (χ4v) is 3.79. The van der Waals surface area contributed by atoms with E-state index < -0.39 is 6.10 Å². The van der Waals surface area contributed by atoms with Gasteiger partial charge >= 0.3 is 0 Å². The van der Waals surface area contributed by atoms with Crippen molar-refractivity contribution in [3.63, 3.8) is 0 Å². The maximum Gasteiger partial charge on any atom is 0.263 e. The quantitative estimate of drug-likeness (QED) is 0.687. The van der Waals surface area contributed by atoms with Gasteiger partial charge in [-0.25, -0.2) is 0 Å². The van der Waals surface area contributed by atoms with Crippen molar-refractivity contribution in [2.75, 3.05) is 38.0 Å². The number of nitrogens with zero attached hydrogens (tertiary/aromatic N) is 2. The first-order chi connectivity index (χ1) is 14.3. The van der Waals surface area contributed by atoms with Gasteiger partial charge in [0.15, 0.2) is 6.10 Å². The molecule has 2 amide bonds. The van der Waals surface area contributed by atoms with E-state index in [0.29, 0.717) is 52.7 Å². The molecule has 2 aromatic carbocycles. The fraction of sp³-hybridized carbons (Fsp3) is 0.333.